The fraction of sp³-hybridized carbons (Fsp3) is 0.625. The van der Waals surface area contributed by atoms with Crippen molar-refractivity contribution in [3.05, 3.63) is 34.9 Å². The molecule has 1 N–H and O–H groups in total. The first-order chi connectivity index (χ1) is 8.06. The Kier molecular flexibility index (Phi) is 3.88. The number of rotatable bonds is 3. The molecule has 1 fully saturated rings. The highest BCUT2D eigenvalue weighted by Gasteiger charge is 2.28. The van der Waals surface area contributed by atoms with Gasteiger partial charge in [-0.1, -0.05) is 43.2 Å². The van der Waals surface area contributed by atoms with Crippen LogP contribution in [-0.4, -0.2) is 12.6 Å². The minimum Gasteiger partial charge on any atom is -0.313 e. The van der Waals surface area contributed by atoms with Gasteiger partial charge in [-0.25, -0.2) is 0 Å². The number of hydrogen-bond acceptors (Lipinski definition) is 1. The van der Waals surface area contributed by atoms with Crippen molar-refractivity contribution in [2.75, 3.05) is 6.54 Å². The van der Waals surface area contributed by atoms with Gasteiger partial charge >= 0.3 is 0 Å². The monoisotopic (exact) mass is 231 g/mol. The second-order valence-corrected chi connectivity index (χ2v) is 6.01. The Morgan fingerprint density at radius 2 is 1.82 bits per heavy atom. The molecule has 0 radical (unpaired) electrons. The molecule has 1 nitrogen and oxygen atoms in total. The van der Waals surface area contributed by atoms with Crippen LogP contribution in [0.4, 0.5) is 0 Å². The van der Waals surface area contributed by atoms with Gasteiger partial charge in [0.05, 0.1) is 0 Å². The van der Waals surface area contributed by atoms with E-state index >= 15 is 0 Å². The third-order valence-electron chi connectivity index (χ3n) is 3.75. The van der Waals surface area contributed by atoms with Gasteiger partial charge in [-0.2, -0.15) is 0 Å². The van der Waals surface area contributed by atoms with E-state index in [1.807, 2.05) is 0 Å². The molecule has 0 saturated carbocycles. The molecule has 1 aromatic rings. The van der Waals surface area contributed by atoms with Crippen LogP contribution in [0, 0.1) is 19.8 Å². The van der Waals surface area contributed by atoms with Gasteiger partial charge in [0, 0.05) is 12.0 Å². The van der Waals surface area contributed by atoms with Gasteiger partial charge in [0.15, 0.2) is 0 Å². The third-order valence-corrected chi connectivity index (χ3v) is 3.75. The summed E-state index contributed by atoms with van der Waals surface area (Å²) in [6.45, 7) is 10.2. The summed E-state index contributed by atoms with van der Waals surface area (Å²) in [4.78, 5) is 0. The molecule has 94 valence electrons. The van der Waals surface area contributed by atoms with Crippen LogP contribution in [0.3, 0.4) is 0 Å². The quantitative estimate of drug-likeness (QED) is 0.834. The van der Waals surface area contributed by atoms with Crippen LogP contribution in [0.5, 0.6) is 0 Å². The smallest absolute Gasteiger partial charge is 0.0139 e. The van der Waals surface area contributed by atoms with Crippen LogP contribution in [0.2, 0.25) is 0 Å². The average molecular weight is 231 g/mol. The van der Waals surface area contributed by atoms with Gasteiger partial charge in [0.25, 0.3) is 0 Å². The second-order valence-electron chi connectivity index (χ2n) is 6.01. The lowest BCUT2D eigenvalue weighted by molar-refractivity contribution is 0.434. The topological polar surface area (TPSA) is 12.0 Å². The summed E-state index contributed by atoms with van der Waals surface area (Å²) >= 11 is 0. The van der Waals surface area contributed by atoms with Crippen LogP contribution >= 0.6 is 0 Å². The molecular formula is C16H25N. The number of benzene rings is 1. The molecular weight excluding hydrogens is 206 g/mol. The first-order valence-corrected chi connectivity index (χ1v) is 6.88. The molecule has 1 heteroatoms. The fourth-order valence-electron chi connectivity index (χ4n) is 3.15. The van der Waals surface area contributed by atoms with Gasteiger partial charge in [0.1, 0.15) is 0 Å². The Hall–Kier alpha value is -0.820. The lowest BCUT2D eigenvalue weighted by Gasteiger charge is -2.22. The molecule has 1 saturated heterocycles. The second kappa shape index (κ2) is 5.22. The molecule has 0 bridgehead atoms. The van der Waals surface area contributed by atoms with Gasteiger partial charge in [-0.15, -0.1) is 0 Å². The highest BCUT2D eigenvalue weighted by atomic mass is 14.9. The van der Waals surface area contributed by atoms with Crippen molar-refractivity contribution < 1.29 is 0 Å². The first-order valence-electron chi connectivity index (χ1n) is 6.88. The van der Waals surface area contributed by atoms with E-state index in [1.165, 1.54) is 36.1 Å². The normalized spacial score (nSPS) is 24.5. The lowest BCUT2D eigenvalue weighted by atomic mass is 9.86. The van der Waals surface area contributed by atoms with Crippen molar-refractivity contribution in [3.8, 4) is 0 Å². The van der Waals surface area contributed by atoms with Crippen LogP contribution in [0.25, 0.3) is 0 Å². The zero-order chi connectivity index (χ0) is 12.4. The molecule has 2 atom stereocenters. The summed E-state index contributed by atoms with van der Waals surface area (Å²) in [5, 5.41) is 3.68. The van der Waals surface area contributed by atoms with Crippen LogP contribution in [0.1, 0.15) is 49.3 Å². The molecule has 0 spiro atoms. The minimum absolute atomic E-state index is 0.677. The van der Waals surface area contributed by atoms with E-state index in [9.17, 15) is 0 Å². The average Bonchev–Trinajstić information content (AvgIpc) is 2.63. The van der Waals surface area contributed by atoms with E-state index in [0.717, 1.165) is 11.8 Å². The van der Waals surface area contributed by atoms with E-state index < -0.39 is 0 Å². The molecule has 2 unspecified atom stereocenters. The van der Waals surface area contributed by atoms with E-state index in [4.69, 9.17) is 0 Å². The summed E-state index contributed by atoms with van der Waals surface area (Å²) in [5.41, 5.74) is 4.34. The molecule has 1 aliphatic rings. The molecule has 1 aliphatic heterocycles. The molecule has 1 heterocycles. The van der Waals surface area contributed by atoms with Crippen molar-refractivity contribution in [1.82, 2.24) is 5.32 Å². The summed E-state index contributed by atoms with van der Waals surface area (Å²) in [5.74, 6) is 1.50. The predicted molar refractivity (Wildman–Crippen MR) is 74.5 cm³/mol. The highest BCUT2D eigenvalue weighted by molar-refractivity contribution is 5.32. The number of nitrogens with one attached hydrogen (secondary N) is 1. The zero-order valence-corrected chi connectivity index (χ0v) is 11.6. The maximum Gasteiger partial charge on any atom is 0.0139 e. The van der Waals surface area contributed by atoms with Crippen LogP contribution < -0.4 is 5.32 Å². The molecule has 0 aliphatic carbocycles. The maximum absolute atomic E-state index is 3.68. The van der Waals surface area contributed by atoms with Crippen molar-refractivity contribution in [2.24, 2.45) is 5.92 Å². The third kappa shape index (κ3) is 3.10. The summed E-state index contributed by atoms with van der Waals surface area (Å²) in [7, 11) is 0. The largest absolute Gasteiger partial charge is 0.313 e. The standard InChI is InChI=1S/C16H25N/c1-11(2)7-16-15(5-6-17-16)14-9-12(3)8-13(4)10-14/h8-11,15-17H,5-7H2,1-4H3. The molecule has 2 rings (SSSR count). The van der Waals surface area contributed by atoms with Crippen LogP contribution in [-0.2, 0) is 0 Å². The van der Waals surface area contributed by atoms with Crippen molar-refractivity contribution >= 4 is 0 Å². The van der Waals surface area contributed by atoms with Crippen molar-refractivity contribution in [1.29, 1.82) is 0 Å². The van der Waals surface area contributed by atoms with Crippen molar-refractivity contribution in [3.63, 3.8) is 0 Å². The zero-order valence-electron chi connectivity index (χ0n) is 11.6. The SMILES string of the molecule is Cc1cc(C)cc(C2CCNC2CC(C)C)c1. The molecule has 0 amide bonds. The summed E-state index contributed by atoms with van der Waals surface area (Å²) in [6, 6.07) is 7.69. The Morgan fingerprint density at radius 1 is 1.18 bits per heavy atom. The van der Waals surface area contributed by atoms with Gasteiger partial charge in [-0.3, -0.25) is 0 Å². The number of aryl methyl sites for hydroxylation is 2. The van der Waals surface area contributed by atoms with E-state index in [0.29, 0.717) is 6.04 Å². The predicted octanol–water partition coefficient (Wildman–Crippen LogP) is 3.80. The van der Waals surface area contributed by atoms with Gasteiger partial charge in [-0.05, 0) is 44.7 Å². The van der Waals surface area contributed by atoms with E-state index in [2.05, 4.69) is 51.2 Å². The highest BCUT2D eigenvalue weighted by Crippen LogP contribution is 2.32. The minimum atomic E-state index is 0.677. The summed E-state index contributed by atoms with van der Waals surface area (Å²) in [6.07, 6.45) is 2.58. The van der Waals surface area contributed by atoms with E-state index in [-0.39, 0.29) is 0 Å². The van der Waals surface area contributed by atoms with E-state index in [1.54, 1.807) is 0 Å². The fourth-order valence-corrected chi connectivity index (χ4v) is 3.15. The Morgan fingerprint density at radius 3 is 2.41 bits per heavy atom. The van der Waals surface area contributed by atoms with Crippen LogP contribution in [0.15, 0.2) is 18.2 Å². The molecule has 17 heavy (non-hydrogen) atoms. The Labute approximate surface area is 106 Å². The van der Waals surface area contributed by atoms with Gasteiger partial charge < -0.3 is 5.32 Å². The Bertz CT molecular complexity index is 361. The van der Waals surface area contributed by atoms with Crippen molar-refractivity contribution in [2.45, 2.75) is 52.5 Å². The number of hydrogen-bond donors (Lipinski definition) is 1. The maximum atomic E-state index is 3.68. The summed E-state index contributed by atoms with van der Waals surface area (Å²) < 4.78 is 0. The lowest BCUT2D eigenvalue weighted by Crippen LogP contribution is -2.27. The first kappa shape index (κ1) is 12.6. The Balaban J connectivity index is 2.19. The van der Waals surface area contributed by atoms with Gasteiger partial charge in [0.2, 0.25) is 0 Å². The molecule has 1 aromatic carbocycles. The molecule has 0 aromatic heterocycles.